The highest BCUT2D eigenvalue weighted by Crippen LogP contribution is 2.45. The summed E-state index contributed by atoms with van der Waals surface area (Å²) in [6, 6.07) is -0.587. The van der Waals surface area contributed by atoms with Crippen molar-refractivity contribution in [3.05, 3.63) is 12.2 Å². The van der Waals surface area contributed by atoms with Gasteiger partial charge in [0.25, 0.3) is 0 Å². The van der Waals surface area contributed by atoms with Gasteiger partial charge >= 0.3 is 5.97 Å². The summed E-state index contributed by atoms with van der Waals surface area (Å²) in [5, 5.41) is 12.2. The fourth-order valence-corrected chi connectivity index (χ4v) is 5.31. The SMILES string of the molecule is CCCC(C)NC(=O)[C@@H]1[C@H]2C=C[C@@H](CCC)[C@@H](C(=O)OCC)[C@H]2C(=O)N1CCCCCO. The summed E-state index contributed by atoms with van der Waals surface area (Å²) in [6.45, 7) is 8.74. The highest BCUT2D eigenvalue weighted by atomic mass is 16.5. The molecule has 32 heavy (non-hydrogen) atoms. The molecule has 0 spiro atoms. The molecule has 1 saturated heterocycles. The van der Waals surface area contributed by atoms with E-state index in [-0.39, 0.29) is 48.9 Å². The van der Waals surface area contributed by atoms with Crippen molar-refractivity contribution < 1.29 is 24.2 Å². The number of likely N-dealkylation sites (tertiary alicyclic amines) is 1. The largest absolute Gasteiger partial charge is 0.466 e. The van der Waals surface area contributed by atoms with E-state index < -0.39 is 17.9 Å². The van der Waals surface area contributed by atoms with Gasteiger partial charge in [-0.25, -0.2) is 0 Å². The molecule has 0 aromatic rings. The lowest BCUT2D eigenvalue weighted by atomic mass is 9.68. The average Bonchev–Trinajstić information content (AvgIpc) is 3.03. The molecule has 0 saturated carbocycles. The minimum atomic E-state index is -0.614. The molecule has 1 fully saturated rings. The van der Waals surface area contributed by atoms with Gasteiger partial charge in [0.15, 0.2) is 0 Å². The van der Waals surface area contributed by atoms with Gasteiger partial charge in [0.2, 0.25) is 11.8 Å². The lowest BCUT2D eigenvalue weighted by molar-refractivity contribution is -0.155. The van der Waals surface area contributed by atoms with Crippen molar-refractivity contribution >= 4 is 17.8 Å². The number of allylic oxidation sites excluding steroid dienone is 1. The predicted octanol–water partition coefficient (Wildman–Crippen LogP) is 3.06. The summed E-state index contributed by atoms with van der Waals surface area (Å²) >= 11 is 0. The second-order valence-corrected chi connectivity index (χ2v) is 9.18. The first-order valence-electron chi connectivity index (χ1n) is 12.5. The minimum absolute atomic E-state index is 0.0270. The second kappa shape index (κ2) is 13.0. The number of hydrogen-bond acceptors (Lipinski definition) is 5. The zero-order chi connectivity index (χ0) is 23.7. The van der Waals surface area contributed by atoms with Gasteiger partial charge in [0.05, 0.1) is 18.4 Å². The van der Waals surface area contributed by atoms with Crippen LogP contribution >= 0.6 is 0 Å². The van der Waals surface area contributed by atoms with Gasteiger partial charge in [0.1, 0.15) is 6.04 Å². The molecule has 1 unspecified atom stereocenters. The van der Waals surface area contributed by atoms with E-state index in [1.54, 1.807) is 11.8 Å². The molecular weight excluding hydrogens is 408 g/mol. The van der Waals surface area contributed by atoms with Crippen LogP contribution in [0.3, 0.4) is 0 Å². The van der Waals surface area contributed by atoms with Gasteiger partial charge in [-0.1, -0.05) is 38.8 Å². The first-order chi connectivity index (χ1) is 15.4. The molecule has 1 aliphatic carbocycles. The third kappa shape index (κ3) is 6.12. The van der Waals surface area contributed by atoms with E-state index in [2.05, 4.69) is 19.2 Å². The van der Waals surface area contributed by atoms with Gasteiger partial charge in [-0.05, 0) is 51.9 Å². The fraction of sp³-hybridized carbons (Fsp3) is 0.800. The van der Waals surface area contributed by atoms with Crippen molar-refractivity contribution in [3.8, 4) is 0 Å². The highest BCUT2D eigenvalue weighted by molar-refractivity contribution is 5.96. The topological polar surface area (TPSA) is 95.9 Å². The Morgan fingerprint density at radius 3 is 2.53 bits per heavy atom. The van der Waals surface area contributed by atoms with Gasteiger partial charge in [-0.2, -0.15) is 0 Å². The van der Waals surface area contributed by atoms with E-state index in [1.165, 1.54) is 0 Å². The molecule has 0 aromatic heterocycles. The van der Waals surface area contributed by atoms with E-state index >= 15 is 0 Å². The van der Waals surface area contributed by atoms with Crippen LogP contribution in [0.25, 0.3) is 0 Å². The lowest BCUT2D eigenvalue weighted by Gasteiger charge is -2.34. The number of esters is 1. The van der Waals surface area contributed by atoms with E-state index in [4.69, 9.17) is 9.84 Å². The number of amides is 2. The van der Waals surface area contributed by atoms with Crippen LogP contribution in [0.1, 0.15) is 72.6 Å². The Kier molecular flexibility index (Phi) is 10.7. The predicted molar refractivity (Wildman–Crippen MR) is 124 cm³/mol. The third-order valence-electron chi connectivity index (χ3n) is 6.73. The fourth-order valence-electron chi connectivity index (χ4n) is 5.31. The van der Waals surface area contributed by atoms with Crippen LogP contribution in [-0.2, 0) is 19.1 Å². The number of unbranched alkanes of at least 4 members (excludes halogenated alkanes) is 2. The number of carbonyl (C=O) groups is 3. The smallest absolute Gasteiger partial charge is 0.310 e. The van der Waals surface area contributed by atoms with Crippen LogP contribution in [0.2, 0.25) is 0 Å². The van der Waals surface area contributed by atoms with Crippen molar-refractivity contribution in [1.29, 1.82) is 0 Å². The van der Waals surface area contributed by atoms with Crippen molar-refractivity contribution in [1.82, 2.24) is 10.2 Å². The Morgan fingerprint density at radius 2 is 1.91 bits per heavy atom. The first-order valence-corrected chi connectivity index (χ1v) is 12.5. The molecule has 0 aromatic carbocycles. The van der Waals surface area contributed by atoms with Crippen LogP contribution in [0.4, 0.5) is 0 Å². The molecular formula is C25H42N2O5. The van der Waals surface area contributed by atoms with E-state index in [1.807, 2.05) is 19.1 Å². The number of aliphatic hydroxyl groups excluding tert-OH is 1. The first kappa shape index (κ1) is 26.4. The average molecular weight is 451 g/mol. The van der Waals surface area contributed by atoms with Crippen molar-refractivity contribution in [3.63, 3.8) is 0 Å². The summed E-state index contributed by atoms with van der Waals surface area (Å²) in [7, 11) is 0. The van der Waals surface area contributed by atoms with Crippen molar-refractivity contribution in [2.75, 3.05) is 19.8 Å². The molecule has 2 aliphatic rings. The van der Waals surface area contributed by atoms with E-state index in [0.29, 0.717) is 19.4 Å². The molecule has 7 heteroatoms. The van der Waals surface area contributed by atoms with E-state index in [0.717, 1.165) is 32.1 Å². The van der Waals surface area contributed by atoms with Crippen molar-refractivity contribution in [2.45, 2.75) is 84.7 Å². The number of ether oxygens (including phenoxy) is 1. The van der Waals surface area contributed by atoms with Crippen LogP contribution < -0.4 is 5.32 Å². The number of nitrogens with one attached hydrogen (secondary N) is 1. The molecule has 0 radical (unpaired) electrons. The van der Waals surface area contributed by atoms with Gasteiger partial charge in [-0.15, -0.1) is 0 Å². The molecule has 6 atom stereocenters. The Morgan fingerprint density at radius 1 is 1.16 bits per heavy atom. The standard InChI is InChI=1S/C25H42N2O5/c1-5-11-17(4)26-23(29)22-19-14-13-18(12-6-2)20(25(31)32-7-3)21(19)24(30)27(22)15-9-8-10-16-28/h13-14,17-22,28H,5-12,15-16H2,1-4H3,(H,26,29)/t17?,18-,19+,20-,21+,22+/m1/s1. The Bertz CT molecular complexity index is 665. The van der Waals surface area contributed by atoms with Crippen molar-refractivity contribution in [2.24, 2.45) is 23.7 Å². The van der Waals surface area contributed by atoms with E-state index in [9.17, 15) is 14.4 Å². The van der Waals surface area contributed by atoms with Gasteiger partial charge in [-0.3, -0.25) is 14.4 Å². The summed E-state index contributed by atoms with van der Waals surface area (Å²) in [5.74, 6) is -2.10. The van der Waals surface area contributed by atoms with Crippen LogP contribution in [0.15, 0.2) is 12.2 Å². The maximum absolute atomic E-state index is 13.7. The third-order valence-corrected chi connectivity index (χ3v) is 6.73. The maximum Gasteiger partial charge on any atom is 0.310 e. The number of rotatable bonds is 13. The zero-order valence-corrected chi connectivity index (χ0v) is 20.2. The highest BCUT2D eigenvalue weighted by Gasteiger charge is 2.57. The van der Waals surface area contributed by atoms with Crippen LogP contribution in [-0.4, -0.2) is 59.6 Å². The molecule has 2 N–H and O–H groups in total. The number of hydrogen-bond donors (Lipinski definition) is 2. The minimum Gasteiger partial charge on any atom is -0.466 e. The Balaban J connectivity index is 2.36. The van der Waals surface area contributed by atoms with Crippen LogP contribution in [0.5, 0.6) is 0 Å². The van der Waals surface area contributed by atoms with Gasteiger partial charge < -0.3 is 20.1 Å². The normalized spacial score (nSPS) is 27.8. The summed E-state index contributed by atoms with van der Waals surface area (Å²) in [6.07, 6.45) is 9.74. The zero-order valence-electron chi connectivity index (χ0n) is 20.2. The van der Waals surface area contributed by atoms with Crippen LogP contribution in [0, 0.1) is 23.7 Å². The molecule has 182 valence electrons. The molecule has 1 aliphatic heterocycles. The summed E-state index contributed by atoms with van der Waals surface area (Å²) in [4.78, 5) is 41.6. The monoisotopic (exact) mass is 450 g/mol. The molecule has 0 bridgehead atoms. The lowest BCUT2D eigenvalue weighted by Crippen LogP contribution is -2.49. The molecule has 2 rings (SSSR count). The molecule has 2 amide bonds. The number of nitrogens with zero attached hydrogens (tertiary/aromatic N) is 1. The Hall–Kier alpha value is -1.89. The Labute approximate surface area is 192 Å². The number of carbonyl (C=O) groups excluding carboxylic acids is 3. The molecule has 1 heterocycles. The number of aliphatic hydroxyl groups is 1. The summed E-state index contributed by atoms with van der Waals surface area (Å²) in [5.41, 5.74) is 0. The maximum atomic E-state index is 13.7. The molecule has 7 nitrogen and oxygen atoms in total. The summed E-state index contributed by atoms with van der Waals surface area (Å²) < 4.78 is 5.38. The number of fused-ring (bicyclic) bond motifs is 1. The quantitative estimate of drug-likeness (QED) is 0.255. The second-order valence-electron chi connectivity index (χ2n) is 9.18. The van der Waals surface area contributed by atoms with Gasteiger partial charge in [0, 0.05) is 25.1 Å².